The number of aliphatic hydroxyl groups excluding tert-OH is 2. The molecule has 6 unspecified atom stereocenters. The van der Waals surface area contributed by atoms with Gasteiger partial charge in [-0.15, -0.1) is 0 Å². The molecule has 0 radical (unpaired) electrons. The average molecular weight is 406 g/mol. The summed E-state index contributed by atoms with van der Waals surface area (Å²) in [6.07, 6.45) is -3.48. The maximum Gasteiger partial charge on any atom is 0.326 e. The van der Waals surface area contributed by atoms with Crippen molar-refractivity contribution >= 4 is 29.7 Å². The topological polar surface area (TPSA) is 228 Å². The van der Waals surface area contributed by atoms with Crippen LogP contribution in [-0.2, 0) is 24.0 Å². The van der Waals surface area contributed by atoms with Crippen LogP contribution >= 0.6 is 0 Å². The van der Waals surface area contributed by atoms with E-state index in [-0.39, 0.29) is 0 Å². The molecule has 6 atom stereocenters. The molecule has 0 aliphatic rings. The number of carboxylic acid groups (broad SMARTS) is 2. The number of carboxylic acids is 2. The van der Waals surface area contributed by atoms with Crippen molar-refractivity contribution in [2.45, 2.75) is 63.6 Å². The van der Waals surface area contributed by atoms with Crippen molar-refractivity contribution in [3.05, 3.63) is 0 Å². The van der Waals surface area contributed by atoms with Gasteiger partial charge in [0.05, 0.1) is 18.6 Å². The normalized spacial score (nSPS) is 17.2. The molecule has 0 bridgehead atoms. The fraction of sp³-hybridized carbons (Fsp3) is 0.667. The molecule has 0 aromatic rings. The minimum Gasteiger partial charge on any atom is -0.481 e. The smallest absolute Gasteiger partial charge is 0.326 e. The molecular formula is C15H26N4O9. The summed E-state index contributed by atoms with van der Waals surface area (Å²) in [5, 5.41) is 42.8. The Kier molecular flexibility index (Phi) is 10.1. The Morgan fingerprint density at radius 1 is 0.821 bits per heavy atom. The number of amides is 3. The van der Waals surface area contributed by atoms with Gasteiger partial charge in [0.15, 0.2) is 0 Å². The first-order valence-electron chi connectivity index (χ1n) is 8.25. The summed E-state index contributed by atoms with van der Waals surface area (Å²) in [5.41, 5.74) is 5.44. The van der Waals surface area contributed by atoms with Crippen LogP contribution in [0.5, 0.6) is 0 Å². The van der Waals surface area contributed by atoms with Crippen LogP contribution in [0, 0.1) is 0 Å². The first kappa shape index (κ1) is 25.2. The lowest BCUT2D eigenvalue weighted by Crippen LogP contribution is -2.60. The minimum atomic E-state index is -1.71. The molecule has 0 spiro atoms. The van der Waals surface area contributed by atoms with Crippen molar-refractivity contribution in [3.63, 3.8) is 0 Å². The Labute approximate surface area is 160 Å². The second kappa shape index (κ2) is 11.2. The lowest BCUT2D eigenvalue weighted by atomic mass is 10.1. The predicted octanol–water partition coefficient (Wildman–Crippen LogP) is -3.89. The monoisotopic (exact) mass is 406 g/mol. The van der Waals surface area contributed by atoms with Crippen LogP contribution in [0.25, 0.3) is 0 Å². The van der Waals surface area contributed by atoms with Gasteiger partial charge in [0, 0.05) is 0 Å². The number of nitrogens with two attached hydrogens (primary N) is 1. The molecule has 0 saturated heterocycles. The molecule has 0 fully saturated rings. The van der Waals surface area contributed by atoms with Gasteiger partial charge in [-0.2, -0.15) is 0 Å². The number of carbonyl (C=O) groups excluding carboxylic acids is 3. The molecule has 0 aromatic heterocycles. The van der Waals surface area contributed by atoms with Crippen molar-refractivity contribution in [3.8, 4) is 0 Å². The Bertz CT molecular complexity index is 608. The molecule has 28 heavy (non-hydrogen) atoms. The number of carbonyl (C=O) groups is 5. The summed E-state index contributed by atoms with van der Waals surface area (Å²) in [6, 6.07) is -5.89. The van der Waals surface area contributed by atoms with Crippen LogP contribution in [0.1, 0.15) is 27.2 Å². The number of hydrogen-bond acceptors (Lipinski definition) is 8. The molecule has 13 heteroatoms. The van der Waals surface area contributed by atoms with Crippen molar-refractivity contribution < 1.29 is 44.4 Å². The molecule has 3 amide bonds. The SMILES string of the molecule is CC(NC(=O)C(NC(=O)C(N)C(C)O)C(C)O)C(=O)NC(CC(=O)O)C(=O)O. The van der Waals surface area contributed by atoms with Gasteiger partial charge >= 0.3 is 11.9 Å². The van der Waals surface area contributed by atoms with Crippen LogP contribution in [0.15, 0.2) is 0 Å². The molecule has 9 N–H and O–H groups in total. The van der Waals surface area contributed by atoms with Gasteiger partial charge in [-0.3, -0.25) is 19.2 Å². The van der Waals surface area contributed by atoms with Crippen LogP contribution in [0.4, 0.5) is 0 Å². The third-order valence-electron chi connectivity index (χ3n) is 3.63. The number of hydrogen-bond donors (Lipinski definition) is 8. The lowest BCUT2D eigenvalue weighted by Gasteiger charge is -2.25. The Hall–Kier alpha value is -2.77. The highest BCUT2D eigenvalue weighted by molar-refractivity contribution is 5.94. The highest BCUT2D eigenvalue weighted by Gasteiger charge is 2.32. The molecule has 0 aliphatic carbocycles. The number of aliphatic carboxylic acids is 2. The maximum atomic E-state index is 12.2. The molecule has 13 nitrogen and oxygen atoms in total. The molecule has 0 aliphatic heterocycles. The Morgan fingerprint density at radius 2 is 1.36 bits per heavy atom. The molecule has 0 heterocycles. The van der Waals surface area contributed by atoms with E-state index in [1.54, 1.807) is 0 Å². The summed E-state index contributed by atoms with van der Waals surface area (Å²) in [5.74, 6) is -5.90. The number of rotatable bonds is 11. The lowest BCUT2D eigenvalue weighted by molar-refractivity contribution is -0.147. The largest absolute Gasteiger partial charge is 0.481 e. The molecule has 0 aromatic carbocycles. The molecule has 160 valence electrons. The van der Waals surface area contributed by atoms with Crippen LogP contribution in [-0.4, -0.2) is 86.5 Å². The van der Waals surface area contributed by atoms with E-state index in [1.165, 1.54) is 20.8 Å². The third-order valence-corrected chi connectivity index (χ3v) is 3.63. The molecular weight excluding hydrogens is 380 g/mol. The maximum absolute atomic E-state index is 12.2. The van der Waals surface area contributed by atoms with E-state index in [9.17, 15) is 34.2 Å². The Balaban J connectivity index is 5.01. The van der Waals surface area contributed by atoms with E-state index in [0.29, 0.717) is 0 Å². The standard InChI is InChI=1S/C15H26N4O9/c1-5(12(24)18-8(15(27)28)4-9(22)23)17-14(26)11(7(3)21)19-13(25)10(16)6(2)20/h5-8,10-11,20-21H,4,16H2,1-3H3,(H,17,26)(H,18,24)(H,19,25)(H,22,23)(H,27,28). The second-order valence-corrected chi connectivity index (χ2v) is 6.22. The van der Waals surface area contributed by atoms with Crippen molar-refractivity contribution in [1.82, 2.24) is 16.0 Å². The summed E-state index contributed by atoms with van der Waals surface area (Å²) >= 11 is 0. The predicted molar refractivity (Wildman–Crippen MR) is 92.7 cm³/mol. The Morgan fingerprint density at radius 3 is 1.75 bits per heavy atom. The van der Waals surface area contributed by atoms with Crippen molar-refractivity contribution in [2.24, 2.45) is 5.73 Å². The zero-order valence-electron chi connectivity index (χ0n) is 15.6. The summed E-state index contributed by atoms with van der Waals surface area (Å²) in [7, 11) is 0. The first-order chi connectivity index (χ1) is 12.8. The molecule has 0 saturated carbocycles. The van der Waals surface area contributed by atoms with Gasteiger partial charge in [-0.25, -0.2) is 4.79 Å². The van der Waals surface area contributed by atoms with E-state index in [0.717, 1.165) is 0 Å². The van der Waals surface area contributed by atoms with E-state index >= 15 is 0 Å². The van der Waals surface area contributed by atoms with E-state index in [4.69, 9.17) is 15.9 Å². The van der Waals surface area contributed by atoms with Gasteiger partial charge in [0.25, 0.3) is 0 Å². The fourth-order valence-corrected chi connectivity index (χ4v) is 1.91. The number of aliphatic hydroxyl groups is 2. The quantitative estimate of drug-likeness (QED) is 0.166. The van der Waals surface area contributed by atoms with Crippen LogP contribution in [0.3, 0.4) is 0 Å². The number of nitrogens with one attached hydrogen (secondary N) is 3. The van der Waals surface area contributed by atoms with Crippen LogP contribution in [0.2, 0.25) is 0 Å². The van der Waals surface area contributed by atoms with E-state index in [1.807, 2.05) is 5.32 Å². The highest BCUT2D eigenvalue weighted by Crippen LogP contribution is 1.99. The van der Waals surface area contributed by atoms with E-state index in [2.05, 4.69) is 10.6 Å². The van der Waals surface area contributed by atoms with E-state index < -0.39 is 72.5 Å². The summed E-state index contributed by atoms with van der Waals surface area (Å²) in [4.78, 5) is 57.7. The fourth-order valence-electron chi connectivity index (χ4n) is 1.91. The average Bonchev–Trinajstić information content (AvgIpc) is 2.56. The third kappa shape index (κ3) is 8.28. The van der Waals surface area contributed by atoms with Crippen molar-refractivity contribution in [1.29, 1.82) is 0 Å². The van der Waals surface area contributed by atoms with Gasteiger partial charge in [-0.05, 0) is 20.8 Å². The minimum absolute atomic E-state index is 0.870. The molecule has 0 rings (SSSR count). The van der Waals surface area contributed by atoms with Crippen LogP contribution < -0.4 is 21.7 Å². The van der Waals surface area contributed by atoms with Gasteiger partial charge in [0.2, 0.25) is 17.7 Å². The first-order valence-corrected chi connectivity index (χ1v) is 8.25. The zero-order valence-corrected chi connectivity index (χ0v) is 15.6. The summed E-state index contributed by atoms with van der Waals surface area (Å²) < 4.78 is 0. The second-order valence-electron chi connectivity index (χ2n) is 6.22. The summed E-state index contributed by atoms with van der Waals surface area (Å²) in [6.45, 7) is 3.63. The van der Waals surface area contributed by atoms with Gasteiger partial charge in [0.1, 0.15) is 24.2 Å². The highest BCUT2D eigenvalue weighted by atomic mass is 16.4. The van der Waals surface area contributed by atoms with Gasteiger partial charge < -0.3 is 42.1 Å². The van der Waals surface area contributed by atoms with Gasteiger partial charge in [-0.1, -0.05) is 0 Å². The van der Waals surface area contributed by atoms with Crippen molar-refractivity contribution in [2.75, 3.05) is 0 Å². The zero-order chi connectivity index (χ0) is 22.2.